The third kappa shape index (κ3) is 4.80. The molecular weight excluding hydrogens is 464 g/mol. The Hall–Kier alpha value is -3.27. The lowest BCUT2D eigenvalue weighted by Gasteiger charge is -2.25. The molecule has 3 aliphatic rings. The van der Waals surface area contributed by atoms with Crippen LogP contribution in [0.5, 0.6) is 0 Å². The van der Waals surface area contributed by atoms with Crippen molar-refractivity contribution in [1.82, 2.24) is 20.1 Å². The number of aromatic nitrogens is 4. The van der Waals surface area contributed by atoms with Crippen LogP contribution in [0, 0.1) is 11.8 Å². The number of aryl methyl sites for hydroxylation is 1. The van der Waals surface area contributed by atoms with Gasteiger partial charge in [0.1, 0.15) is 17.8 Å². The van der Waals surface area contributed by atoms with E-state index in [9.17, 15) is 14.8 Å². The van der Waals surface area contributed by atoms with Gasteiger partial charge in [-0.2, -0.15) is 0 Å². The molecule has 0 unspecified atom stereocenters. The molecule has 0 saturated heterocycles. The number of nitrogens with one attached hydrogen (secondary N) is 2. The van der Waals surface area contributed by atoms with Gasteiger partial charge in [-0.05, 0) is 62.5 Å². The highest BCUT2D eigenvalue weighted by molar-refractivity contribution is 7.12. The fourth-order valence-corrected chi connectivity index (χ4v) is 6.23. The van der Waals surface area contributed by atoms with E-state index in [1.54, 1.807) is 29.9 Å². The number of carbonyl (C=O) groups is 2. The number of carbonyl (C=O) groups excluding carboxylic acids is 2. The number of hydrogen-bond acceptors (Lipinski definition) is 7. The van der Waals surface area contributed by atoms with E-state index in [1.807, 2.05) is 10.6 Å². The lowest BCUT2D eigenvalue weighted by atomic mass is 9.90. The van der Waals surface area contributed by atoms with E-state index in [2.05, 4.69) is 20.8 Å². The Labute approximate surface area is 207 Å². The van der Waals surface area contributed by atoms with Gasteiger partial charge in [0, 0.05) is 45.5 Å². The predicted molar refractivity (Wildman–Crippen MR) is 129 cm³/mol. The van der Waals surface area contributed by atoms with Crippen molar-refractivity contribution in [2.24, 2.45) is 11.8 Å². The first-order chi connectivity index (χ1) is 17.0. The molecule has 35 heavy (non-hydrogen) atoms. The zero-order valence-corrected chi connectivity index (χ0v) is 20.3. The minimum atomic E-state index is -0.0347. The minimum Gasteiger partial charge on any atom is -0.352 e. The normalized spacial score (nSPS) is 19.3. The molecule has 182 valence electrons. The van der Waals surface area contributed by atoms with E-state index in [-0.39, 0.29) is 23.7 Å². The van der Waals surface area contributed by atoms with Gasteiger partial charge in [0.25, 0.3) is 5.91 Å². The molecule has 3 aromatic heterocycles. The maximum absolute atomic E-state index is 13.3. The summed E-state index contributed by atoms with van der Waals surface area (Å²) in [7, 11) is 0. The maximum atomic E-state index is 13.3. The zero-order chi connectivity index (χ0) is 23.9. The number of ketones is 1. The molecule has 6 rings (SSSR count). The van der Waals surface area contributed by atoms with Crippen LogP contribution in [0.1, 0.15) is 63.8 Å². The first kappa shape index (κ1) is 22.2. The summed E-state index contributed by atoms with van der Waals surface area (Å²) in [5.41, 5.74) is 2.50. The van der Waals surface area contributed by atoms with E-state index >= 15 is 0 Å². The molecule has 0 aromatic carbocycles. The Kier molecular flexibility index (Phi) is 5.75. The van der Waals surface area contributed by atoms with Gasteiger partial charge < -0.3 is 10.6 Å². The number of fused-ring (bicyclic) bond motifs is 1. The molecule has 1 amide bonds. The third-order valence-corrected chi connectivity index (χ3v) is 8.45. The average molecular weight is 494 g/mol. The van der Waals surface area contributed by atoms with Crippen molar-refractivity contribution in [3.05, 3.63) is 51.7 Å². The number of thiophene rings is 1. The molecule has 0 bridgehead atoms. The Balaban J connectivity index is 1.27. The van der Waals surface area contributed by atoms with Crippen LogP contribution in [0.25, 0.3) is 0 Å². The molecule has 2 fully saturated rings. The van der Waals surface area contributed by atoms with E-state index in [0.717, 1.165) is 46.4 Å². The van der Waals surface area contributed by atoms with Crippen molar-refractivity contribution in [3.63, 3.8) is 0 Å². The topological polar surface area (TPSA) is 113 Å². The van der Waals surface area contributed by atoms with Crippen molar-refractivity contribution < 1.29 is 19.5 Å². The lowest BCUT2D eigenvalue weighted by Crippen LogP contribution is -2.29. The van der Waals surface area contributed by atoms with Gasteiger partial charge in [-0.25, -0.2) is 0 Å². The first-order valence-corrected chi connectivity index (χ1v) is 13.2. The Morgan fingerprint density at radius 2 is 2.09 bits per heavy atom. The van der Waals surface area contributed by atoms with Crippen LogP contribution in [0.15, 0.2) is 30.9 Å². The van der Waals surface area contributed by atoms with Crippen molar-refractivity contribution in [2.75, 3.05) is 11.9 Å². The molecule has 0 radical (unpaired) electrons. The molecule has 0 aliphatic heterocycles. The van der Waals surface area contributed by atoms with Gasteiger partial charge in [-0.1, -0.05) is 0 Å². The largest absolute Gasteiger partial charge is 0.352 e. The number of anilines is 2. The van der Waals surface area contributed by atoms with E-state index < -0.39 is 0 Å². The van der Waals surface area contributed by atoms with Crippen LogP contribution in [-0.4, -0.2) is 38.2 Å². The van der Waals surface area contributed by atoms with Crippen LogP contribution in [0.4, 0.5) is 11.6 Å². The molecule has 10 heteroatoms. The Morgan fingerprint density at radius 1 is 1.23 bits per heavy atom. The van der Waals surface area contributed by atoms with Crippen LogP contribution >= 0.6 is 11.3 Å². The van der Waals surface area contributed by atoms with Gasteiger partial charge in [0.05, 0.1) is 5.56 Å². The minimum absolute atomic E-state index is 0.0347. The van der Waals surface area contributed by atoms with Gasteiger partial charge in [0.15, 0.2) is 0 Å². The Bertz CT molecular complexity index is 1280. The standard InChI is InChI=1S/C25H28N6O3S/c32-20(16-5-6-16)11-22-23(24(33)26-12-15-3-4-15)19-10-18(7-8-21(19)35-22)31-14-27-29-25(31)28-17-2-1-9-30(34)13-17/h1-2,9,13-16,18H,3-8,10-12H2,(H2-,26,28,29,33,34)/p+1/t18-/m0/s1. The zero-order valence-electron chi connectivity index (χ0n) is 19.4. The van der Waals surface area contributed by atoms with Crippen molar-refractivity contribution in [2.45, 2.75) is 57.4 Å². The summed E-state index contributed by atoms with van der Waals surface area (Å²) in [6.07, 6.45) is 11.9. The molecule has 1 atom stereocenters. The first-order valence-electron chi connectivity index (χ1n) is 12.4. The highest BCUT2D eigenvalue weighted by atomic mass is 32.1. The highest BCUT2D eigenvalue weighted by Crippen LogP contribution is 2.41. The third-order valence-electron chi connectivity index (χ3n) is 7.16. The second-order valence-electron chi connectivity index (χ2n) is 9.93. The van der Waals surface area contributed by atoms with Crippen LogP contribution in [-0.2, 0) is 24.1 Å². The summed E-state index contributed by atoms with van der Waals surface area (Å²) >= 11 is 1.65. The highest BCUT2D eigenvalue weighted by Gasteiger charge is 2.35. The molecule has 2 saturated carbocycles. The van der Waals surface area contributed by atoms with Crippen LogP contribution < -0.4 is 15.4 Å². The number of nitrogens with zero attached hydrogens (tertiary/aromatic N) is 4. The number of amides is 1. The molecular formula is C25H29N6O3S+. The van der Waals surface area contributed by atoms with E-state index in [4.69, 9.17) is 0 Å². The average Bonchev–Trinajstić information content (AvgIpc) is 3.77. The SMILES string of the molecule is O=C(NCC1CC1)c1c(CC(=O)C2CC2)sc2c1C[C@@H](n1cnnc1Nc1ccc[n+](O)c1)CC2. The van der Waals surface area contributed by atoms with Gasteiger partial charge in [-0.3, -0.25) is 19.4 Å². The summed E-state index contributed by atoms with van der Waals surface area (Å²) in [6, 6.07) is 3.66. The molecule has 3 aliphatic carbocycles. The molecule has 0 spiro atoms. The monoisotopic (exact) mass is 493 g/mol. The van der Waals surface area contributed by atoms with Crippen LogP contribution in [0.3, 0.4) is 0 Å². The molecule has 3 aromatic rings. The lowest BCUT2D eigenvalue weighted by molar-refractivity contribution is -0.904. The summed E-state index contributed by atoms with van der Waals surface area (Å²) in [5, 5.41) is 24.4. The summed E-state index contributed by atoms with van der Waals surface area (Å²) in [6.45, 7) is 0.713. The van der Waals surface area contributed by atoms with Gasteiger partial charge >= 0.3 is 0 Å². The summed E-state index contributed by atoms with van der Waals surface area (Å²) in [4.78, 5) is 28.2. The van der Waals surface area contributed by atoms with Gasteiger partial charge in [-0.15, -0.1) is 21.5 Å². The number of Topliss-reactive ketones (excluding diaryl/α,β-unsaturated/α-hetero) is 1. The molecule has 3 N–H and O–H groups in total. The number of hydrogen-bond donors (Lipinski definition) is 3. The smallest absolute Gasteiger partial charge is 0.252 e. The van der Waals surface area contributed by atoms with E-state index in [0.29, 0.717) is 36.9 Å². The second-order valence-corrected chi connectivity index (χ2v) is 11.1. The Morgan fingerprint density at radius 3 is 2.86 bits per heavy atom. The summed E-state index contributed by atoms with van der Waals surface area (Å²) < 4.78 is 2.99. The predicted octanol–water partition coefficient (Wildman–Crippen LogP) is 3.00. The number of rotatable bonds is 9. The van der Waals surface area contributed by atoms with Crippen LogP contribution in [0.2, 0.25) is 0 Å². The van der Waals surface area contributed by atoms with Crippen molar-refractivity contribution >= 4 is 34.7 Å². The van der Waals surface area contributed by atoms with Crippen molar-refractivity contribution in [1.29, 1.82) is 0 Å². The summed E-state index contributed by atoms with van der Waals surface area (Å²) in [5.74, 6) is 1.60. The number of pyridine rings is 1. The molecule has 9 nitrogen and oxygen atoms in total. The fraction of sp³-hybridized carbons (Fsp3) is 0.480. The fourth-order valence-electron chi connectivity index (χ4n) is 4.87. The van der Waals surface area contributed by atoms with E-state index in [1.165, 1.54) is 23.9 Å². The molecule has 3 heterocycles. The quantitative estimate of drug-likeness (QED) is 0.312. The second kappa shape index (κ2) is 9.07. The van der Waals surface area contributed by atoms with Crippen molar-refractivity contribution in [3.8, 4) is 0 Å². The van der Waals surface area contributed by atoms with Gasteiger partial charge in [0.2, 0.25) is 18.3 Å². The maximum Gasteiger partial charge on any atom is 0.252 e.